The van der Waals surface area contributed by atoms with E-state index in [0.717, 1.165) is 24.9 Å². The lowest BCUT2D eigenvalue weighted by Crippen LogP contribution is -2.53. The lowest BCUT2D eigenvalue weighted by atomic mass is 9.75. The molecule has 0 aromatic rings. The van der Waals surface area contributed by atoms with Crippen LogP contribution in [-0.2, 0) is 4.79 Å². The SMILES string of the molecule is CCNC(=O)NC(=O)[C@H](C)N1CC[C@H]2CCCC[C@@H]2C1. The van der Waals surface area contributed by atoms with Gasteiger partial charge >= 0.3 is 6.03 Å². The zero-order valence-corrected chi connectivity index (χ0v) is 12.7. The predicted molar refractivity (Wildman–Crippen MR) is 78.3 cm³/mol. The second-order valence-corrected chi connectivity index (χ2v) is 6.11. The fraction of sp³-hybridized carbons (Fsp3) is 0.867. The number of hydrogen-bond acceptors (Lipinski definition) is 3. The highest BCUT2D eigenvalue weighted by atomic mass is 16.2. The van der Waals surface area contributed by atoms with Crippen LogP contribution in [0.3, 0.4) is 0 Å². The Labute approximate surface area is 121 Å². The Kier molecular flexibility index (Phi) is 5.40. The number of rotatable bonds is 3. The van der Waals surface area contributed by atoms with Gasteiger partial charge in [0.2, 0.25) is 5.91 Å². The van der Waals surface area contributed by atoms with E-state index in [-0.39, 0.29) is 11.9 Å². The number of amides is 3. The molecule has 0 aromatic carbocycles. The molecule has 1 aliphatic carbocycles. The minimum Gasteiger partial charge on any atom is -0.338 e. The van der Waals surface area contributed by atoms with Gasteiger partial charge in [0.05, 0.1) is 6.04 Å². The van der Waals surface area contributed by atoms with Crippen molar-refractivity contribution in [3.05, 3.63) is 0 Å². The van der Waals surface area contributed by atoms with Crippen molar-refractivity contribution in [2.45, 2.75) is 52.0 Å². The van der Waals surface area contributed by atoms with E-state index in [1.807, 2.05) is 13.8 Å². The second kappa shape index (κ2) is 7.07. The molecule has 3 atom stereocenters. The number of piperidine rings is 1. The summed E-state index contributed by atoms with van der Waals surface area (Å²) in [5.74, 6) is 1.42. The van der Waals surface area contributed by atoms with Gasteiger partial charge in [-0.2, -0.15) is 0 Å². The molecule has 3 amide bonds. The van der Waals surface area contributed by atoms with Gasteiger partial charge in [0, 0.05) is 13.1 Å². The second-order valence-electron chi connectivity index (χ2n) is 6.11. The molecule has 0 unspecified atom stereocenters. The smallest absolute Gasteiger partial charge is 0.321 e. The number of likely N-dealkylation sites (tertiary alicyclic amines) is 1. The third kappa shape index (κ3) is 3.72. The molecule has 114 valence electrons. The van der Waals surface area contributed by atoms with E-state index >= 15 is 0 Å². The predicted octanol–water partition coefficient (Wildman–Crippen LogP) is 1.73. The maximum absolute atomic E-state index is 12.1. The Balaban J connectivity index is 1.84. The van der Waals surface area contributed by atoms with E-state index in [1.54, 1.807) is 0 Å². The summed E-state index contributed by atoms with van der Waals surface area (Å²) in [4.78, 5) is 25.7. The average molecular weight is 281 g/mol. The van der Waals surface area contributed by atoms with Crippen LogP contribution in [0.2, 0.25) is 0 Å². The van der Waals surface area contributed by atoms with Gasteiger partial charge in [0.1, 0.15) is 0 Å². The standard InChI is InChI=1S/C15H27N3O2/c1-3-16-15(20)17-14(19)11(2)18-9-8-12-6-4-5-7-13(12)10-18/h11-13H,3-10H2,1-2H3,(H2,16,17,19,20)/t11-,12+,13+/m0/s1. The van der Waals surface area contributed by atoms with E-state index in [0.29, 0.717) is 6.54 Å². The fourth-order valence-corrected chi connectivity index (χ4v) is 3.57. The molecule has 0 radical (unpaired) electrons. The summed E-state index contributed by atoms with van der Waals surface area (Å²) in [5.41, 5.74) is 0. The Morgan fingerprint density at radius 3 is 2.60 bits per heavy atom. The zero-order chi connectivity index (χ0) is 14.5. The van der Waals surface area contributed by atoms with Crippen LogP contribution < -0.4 is 10.6 Å². The van der Waals surface area contributed by atoms with Gasteiger partial charge in [-0.1, -0.05) is 19.3 Å². The topological polar surface area (TPSA) is 61.4 Å². The summed E-state index contributed by atoms with van der Waals surface area (Å²) in [6.45, 7) is 6.25. The molecule has 5 heteroatoms. The van der Waals surface area contributed by atoms with Gasteiger partial charge in [-0.3, -0.25) is 15.0 Å². The number of imide groups is 1. The molecule has 1 aliphatic heterocycles. The third-order valence-corrected chi connectivity index (χ3v) is 4.82. The van der Waals surface area contributed by atoms with Crippen LogP contribution in [0.15, 0.2) is 0 Å². The number of nitrogens with zero attached hydrogens (tertiary/aromatic N) is 1. The lowest BCUT2D eigenvalue weighted by Gasteiger charge is -2.43. The molecule has 2 aliphatic rings. The summed E-state index contributed by atoms with van der Waals surface area (Å²) in [6.07, 6.45) is 6.55. The Bertz CT molecular complexity index is 359. The molecule has 0 spiro atoms. The molecule has 5 nitrogen and oxygen atoms in total. The van der Waals surface area contributed by atoms with Crippen LogP contribution in [0, 0.1) is 11.8 Å². The van der Waals surface area contributed by atoms with Crippen molar-refractivity contribution in [1.82, 2.24) is 15.5 Å². The van der Waals surface area contributed by atoms with Gasteiger partial charge in [-0.05, 0) is 45.1 Å². The molecule has 2 N–H and O–H groups in total. The molecule has 0 bridgehead atoms. The van der Waals surface area contributed by atoms with Crippen LogP contribution in [0.5, 0.6) is 0 Å². The van der Waals surface area contributed by atoms with Crippen LogP contribution in [0.25, 0.3) is 0 Å². The first kappa shape index (κ1) is 15.3. The Hall–Kier alpha value is -1.10. The first-order valence-corrected chi connectivity index (χ1v) is 7.94. The van der Waals surface area contributed by atoms with Crippen molar-refractivity contribution in [3.8, 4) is 0 Å². The van der Waals surface area contributed by atoms with Crippen LogP contribution >= 0.6 is 0 Å². The van der Waals surface area contributed by atoms with Gasteiger partial charge in [0.25, 0.3) is 0 Å². The molecule has 1 saturated carbocycles. The van der Waals surface area contributed by atoms with Gasteiger partial charge in [0.15, 0.2) is 0 Å². The number of fused-ring (bicyclic) bond motifs is 1. The highest BCUT2D eigenvalue weighted by Crippen LogP contribution is 2.36. The average Bonchev–Trinajstić information content (AvgIpc) is 2.46. The van der Waals surface area contributed by atoms with Gasteiger partial charge < -0.3 is 5.32 Å². The number of hydrogen-bond donors (Lipinski definition) is 2. The van der Waals surface area contributed by atoms with Crippen molar-refractivity contribution >= 4 is 11.9 Å². The minimum atomic E-state index is -0.392. The van der Waals surface area contributed by atoms with Gasteiger partial charge in [-0.15, -0.1) is 0 Å². The molecular weight excluding hydrogens is 254 g/mol. The molecule has 20 heavy (non-hydrogen) atoms. The van der Waals surface area contributed by atoms with Crippen LogP contribution in [0.1, 0.15) is 46.0 Å². The minimum absolute atomic E-state index is 0.190. The normalized spacial score (nSPS) is 28.3. The monoisotopic (exact) mass is 281 g/mol. The summed E-state index contributed by atoms with van der Waals surface area (Å²) < 4.78 is 0. The lowest BCUT2D eigenvalue weighted by molar-refractivity contribution is -0.126. The molecule has 1 heterocycles. The first-order valence-electron chi connectivity index (χ1n) is 7.94. The molecule has 1 saturated heterocycles. The summed E-state index contributed by atoms with van der Waals surface area (Å²) >= 11 is 0. The van der Waals surface area contributed by atoms with Crippen molar-refractivity contribution in [1.29, 1.82) is 0 Å². The molecule has 2 rings (SSSR count). The number of nitrogens with one attached hydrogen (secondary N) is 2. The summed E-state index contributed by atoms with van der Waals surface area (Å²) in [7, 11) is 0. The number of carbonyl (C=O) groups excluding carboxylic acids is 2. The first-order chi connectivity index (χ1) is 9.61. The van der Waals surface area contributed by atoms with Crippen molar-refractivity contribution in [3.63, 3.8) is 0 Å². The third-order valence-electron chi connectivity index (χ3n) is 4.82. The maximum Gasteiger partial charge on any atom is 0.321 e. The highest BCUT2D eigenvalue weighted by molar-refractivity contribution is 5.96. The Morgan fingerprint density at radius 2 is 1.90 bits per heavy atom. The van der Waals surface area contributed by atoms with E-state index in [2.05, 4.69) is 15.5 Å². The summed E-state index contributed by atoms with van der Waals surface area (Å²) in [6, 6.07) is -0.614. The van der Waals surface area contributed by atoms with Crippen molar-refractivity contribution in [2.24, 2.45) is 11.8 Å². The molecule has 2 fully saturated rings. The van der Waals surface area contributed by atoms with Crippen molar-refractivity contribution in [2.75, 3.05) is 19.6 Å². The molecule has 0 aromatic heterocycles. The zero-order valence-electron chi connectivity index (χ0n) is 12.7. The van der Waals surface area contributed by atoms with E-state index in [9.17, 15) is 9.59 Å². The largest absolute Gasteiger partial charge is 0.338 e. The van der Waals surface area contributed by atoms with Crippen molar-refractivity contribution < 1.29 is 9.59 Å². The maximum atomic E-state index is 12.1. The van der Waals surface area contributed by atoms with E-state index < -0.39 is 6.03 Å². The Morgan fingerprint density at radius 1 is 1.20 bits per heavy atom. The fourth-order valence-electron chi connectivity index (χ4n) is 3.57. The van der Waals surface area contributed by atoms with Crippen LogP contribution in [-0.4, -0.2) is 42.5 Å². The molecular formula is C15H27N3O2. The summed E-state index contributed by atoms with van der Waals surface area (Å²) in [5, 5.41) is 5.01. The number of carbonyl (C=O) groups is 2. The van der Waals surface area contributed by atoms with E-state index in [1.165, 1.54) is 32.1 Å². The van der Waals surface area contributed by atoms with E-state index in [4.69, 9.17) is 0 Å². The van der Waals surface area contributed by atoms with Crippen LogP contribution in [0.4, 0.5) is 4.79 Å². The highest BCUT2D eigenvalue weighted by Gasteiger charge is 2.34. The van der Waals surface area contributed by atoms with Gasteiger partial charge in [-0.25, -0.2) is 4.79 Å². The quantitative estimate of drug-likeness (QED) is 0.828. The number of urea groups is 1.